The van der Waals surface area contributed by atoms with Crippen LogP contribution in [0, 0.1) is 0 Å². The van der Waals surface area contributed by atoms with Gasteiger partial charge in [-0.15, -0.1) is 21.5 Å². The minimum Gasteiger partial charge on any atom is -0.461 e. The molecule has 0 bridgehead atoms. The molecule has 0 radical (unpaired) electrons. The van der Waals surface area contributed by atoms with Crippen molar-refractivity contribution in [3.63, 3.8) is 0 Å². The summed E-state index contributed by atoms with van der Waals surface area (Å²) in [5.74, 6) is 7.85. The van der Waals surface area contributed by atoms with Crippen LogP contribution in [0.2, 0.25) is 0 Å². The smallest absolute Gasteiger partial charge is 0.218 e. The van der Waals surface area contributed by atoms with Crippen LogP contribution in [0.3, 0.4) is 0 Å². The zero-order valence-corrected chi connectivity index (χ0v) is 17.9. The molecule has 31 heavy (non-hydrogen) atoms. The van der Waals surface area contributed by atoms with Crippen molar-refractivity contribution in [3.8, 4) is 23.1 Å². The fourth-order valence-corrected chi connectivity index (χ4v) is 5.95. The van der Waals surface area contributed by atoms with Gasteiger partial charge in [0, 0.05) is 22.7 Å². The number of nitrogen functional groups attached to an aromatic ring is 1. The summed E-state index contributed by atoms with van der Waals surface area (Å²) >= 11 is 3.12. The van der Waals surface area contributed by atoms with Gasteiger partial charge in [-0.2, -0.15) is 0 Å². The van der Waals surface area contributed by atoms with Crippen LogP contribution in [0.5, 0.6) is 0 Å². The Bertz CT molecular complexity index is 1380. The van der Waals surface area contributed by atoms with Crippen molar-refractivity contribution in [1.29, 1.82) is 0 Å². The predicted molar refractivity (Wildman–Crippen MR) is 117 cm³/mol. The van der Waals surface area contributed by atoms with Crippen molar-refractivity contribution < 1.29 is 4.42 Å². The van der Waals surface area contributed by atoms with Crippen molar-refractivity contribution >= 4 is 33.3 Å². The number of nitrogens with zero attached hydrogens (tertiary/aromatic N) is 7. The van der Waals surface area contributed by atoms with E-state index < -0.39 is 0 Å². The third-order valence-corrected chi connectivity index (χ3v) is 7.30. The van der Waals surface area contributed by atoms with Crippen molar-refractivity contribution in [1.82, 2.24) is 34.8 Å². The molecule has 0 aliphatic heterocycles. The zero-order chi connectivity index (χ0) is 20.8. The monoisotopic (exact) mass is 448 g/mol. The molecule has 6 rings (SSSR count). The lowest BCUT2D eigenvalue weighted by molar-refractivity contribution is 0.574. The van der Waals surface area contributed by atoms with E-state index in [9.17, 15) is 0 Å². The highest BCUT2D eigenvalue weighted by molar-refractivity contribution is 7.99. The summed E-state index contributed by atoms with van der Waals surface area (Å²) in [4.78, 5) is 20.6. The Kier molecular flexibility index (Phi) is 4.42. The van der Waals surface area contributed by atoms with E-state index in [-0.39, 0.29) is 0 Å². The Morgan fingerprint density at radius 2 is 2.06 bits per heavy atom. The van der Waals surface area contributed by atoms with Gasteiger partial charge in [0.25, 0.3) is 0 Å². The second-order valence-electron chi connectivity index (χ2n) is 7.09. The molecule has 1 aliphatic carbocycles. The second-order valence-corrected chi connectivity index (χ2v) is 9.13. The molecular formula is C20H16N8OS2. The third kappa shape index (κ3) is 3.17. The van der Waals surface area contributed by atoms with Gasteiger partial charge in [0.15, 0.2) is 11.6 Å². The normalized spacial score (nSPS) is 13.5. The Labute approximate surface area is 184 Å². The molecule has 0 unspecified atom stereocenters. The van der Waals surface area contributed by atoms with E-state index in [0.29, 0.717) is 28.3 Å². The van der Waals surface area contributed by atoms with E-state index in [0.717, 1.165) is 28.1 Å². The topological polar surface area (TPSA) is 121 Å². The molecule has 11 heteroatoms. The highest BCUT2D eigenvalue weighted by Gasteiger charge is 2.24. The average Bonchev–Trinajstić information content (AvgIpc) is 3.53. The maximum absolute atomic E-state index is 6.30. The highest BCUT2D eigenvalue weighted by atomic mass is 32.2. The Morgan fingerprint density at radius 3 is 2.90 bits per heavy atom. The SMILES string of the molecule is Nn1c(Sc2nc(-c3cnccn3)nc3sc4c(c23)CCCC4)nnc1-c1ccco1. The minimum atomic E-state index is 0.458. The first-order valence-corrected chi connectivity index (χ1v) is 11.4. The predicted octanol–water partition coefficient (Wildman–Crippen LogP) is 3.74. The van der Waals surface area contributed by atoms with Gasteiger partial charge in [0.2, 0.25) is 11.0 Å². The van der Waals surface area contributed by atoms with Crippen molar-refractivity contribution in [2.45, 2.75) is 35.9 Å². The molecule has 1 aliphatic rings. The number of nitrogens with two attached hydrogens (primary N) is 1. The molecular weight excluding hydrogens is 432 g/mol. The van der Waals surface area contributed by atoms with E-state index in [4.69, 9.17) is 20.2 Å². The van der Waals surface area contributed by atoms with Crippen LogP contribution in [0.25, 0.3) is 33.3 Å². The molecule has 0 saturated heterocycles. The van der Waals surface area contributed by atoms with Crippen LogP contribution < -0.4 is 5.84 Å². The Morgan fingerprint density at radius 1 is 1.13 bits per heavy atom. The molecule has 0 saturated carbocycles. The summed E-state index contributed by atoms with van der Waals surface area (Å²) in [5, 5.41) is 10.9. The molecule has 0 aromatic carbocycles. The number of fused-ring (bicyclic) bond motifs is 3. The number of rotatable bonds is 4. The molecule has 0 fully saturated rings. The van der Waals surface area contributed by atoms with E-state index >= 15 is 0 Å². The zero-order valence-electron chi connectivity index (χ0n) is 16.2. The summed E-state index contributed by atoms with van der Waals surface area (Å²) in [7, 11) is 0. The molecule has 5 aromatic heterocycles. The molecule has 5 heterocycles. The van der Waals surface area contributed by atoms with Gasteiger partial charge in [-0.05, 0) is 55.1 Å². The summed E-state index contributed by atoms with van der Waals surface area (Å²) in [6, 6.07) is 3.59. The molecule has 2 N–H and O–H groups in total. The molecule has 0 amide bonds. The van der Waals surface area contributed by atoms with Crippen molar-refractivity contribution in [2.75, 3.05) is 5.84 Å². The Hall–Kier alpha value is -3.31. The third-order valence-electron chi connectivity index (χ3n) is 5.17. The molecule has 154 valence electrons. The second kappa shape index (κ2) is 7.43. The maximum Gasteiger partial charge on any atom is 0.218 e. The van der Waals surface area contributed by atoms with Gasteiger partial charge in [-0.3, -0.25) is 4.98 Å². The minimum absolute atomic E-state index is 0.458. The lowest BCUT2D eigenvalue weighted by Crippen LogP contribution is -2.11. The van der Waals surface area contributed by atoms with Crippen LogP contribution in [0.15, 0.2) is 51.6 Å². The van der Waals surface area contributed by atoms with Gasteiger partial charge in [0.05, 0.1) is 12.5 Å². The van der Waals surface area contributed by atoms with Crippen LogP contribution in [-0.4, -0.2) is 34.8 Å². The standard InChI is InChI=1S/C20H16N8OS2/c21-28-17(13-5-3-9-29-13)26-27-20(28)31-19-15-11-4-1-2-6-14(11)30-18(15)24-16(25-19)12-10-22-7-8-23-12/h3,5,7-10H,1-2,4,6,21H2. The fraction of sp³-hybridized carbons (Fsp3) is 0.200. The number of hydrogen-bond acceptors (Lipinski definition) is 10. The van der Waals surface area contributed by atoms with Crippen molar-refractivity contribution in [2.24, 2.45) is 0 Å². The van der Waals surface area contributed by atoms with Gasteiger partial charge < -0.3 is 10.3 Å². The van der Waals surface area contributed by atoms with Crippen molar-refractivity contribution in [3.05, 3.63) is 47.4 Å². The van der Waals surface area contributed by atoms with Gasteiger partial charge in [-0.25, -0.2) is 19.6 Å². The lowest BCUT2D eigenvalue weighted by Gasteiger charge is -2.12. The van der Waals surface area contributed by atoms with E-state index in [2.05, 4.69) is 20.2 Å². The first-order valence-electron chi connectivity index (χ1n) is 9.79. The largest absolute Gasteiger partial charge is 0.461 e. The maximum atomic E-state index is 6.30. The van der Waals surface area contributed by atoms with E-state index in [1.807, 2.05) is 0 Å². The molecule has 0 spiro atoms. The van der Waals surface area contributed by atoms with E-state index in [1.54, 1.807) is 48.3 Å². The average molecular weight is 449 g/mol. The quantitative estimate of drug-likeness (QED) is 0.323. The van der Waals surface area contributed by atoms with Gasteiger partial charge in [-0.1, -0.05) is 0 Å². The number of aromatic nitrogens is 7. The highest BCUT2D eigenvalue weighted by Crippen LogP contribution is 2.42. The number of furan rings is 1. The van der Waals surface area contributed by atoms with Crippen LogP contribution in [0.4, 0.5) is 0 Å². The molecule has 5 aromatic rings. The summed E-state index contributed by atoms with van der Waals surface area (Å²) in [5.41, 5.74) is 1.97. The first-order chi connectivity index (χ1) is 15.3. The summed E-state index contributed by atoms with van der Waals surface area (Å²) in [6.07, 6.45) is 11.0. The molecule has 9 nitrogen and oxygen atoms in total. The lowest BCUT2D eigenvalue weighted by atomic mass is 9.97. The van der Waals surface area contributed by atoms with E-state index in [1.165, 1.54) is 39.7 Å². The van der Waals surface area contributed by atoms with Gasteiger partial charge >= 0.3 is 0 Å². The number of thiophene rings is 1. The summed E-state index contributed by atoms with van der Waals surface area (Å²) < 4.78 is 6.85. The molecule has 0 atom stereocenters. The number of hydrogen-bond donors (Lipinski definition) is 1. The summed E-state index contributed by atoms with van der Waals surface area (Å²) in [6.45, 7) is 0. The number of aryl methyl sites for hydroxylation is 2. The first kappa shape index (κ1) is 18.5. The fourth-order valence-electron chi connectivity index (χ4n) is 3.73. The van der Waals surface area contributed by atoms with Crippen LogP contribution in [-0.2, 0) is 12.8 Å². The Balaban J connectivity index is 1.51. The van der Waals surface area contributed by atoms with Crippen LogP contribution >= 0.6 is 23.1 Å². The van der Waals surface area contributed by atoms with Gasteiger partial charge in [0.1, 0.15) is 15.6 Å². The van der Waals surface area contributed by atoms with Crippen LogP contribution in [0.1, 0.15) is 23.3 Å².